The molecule has 0 aliphatic rings. The SMILES string of the molecule is NC(=O)CC[C@H](Nc1ccccc1B(O)O)C(=O)O. The lowest BCUT2D eigenvalue weighted by Crippen LogP contribution is -2.37. The van der Waals surface area contributed by atoms with Crippen LogP contribution in [0.25, 0.3) is 0 Å². The second-order valence-electron chi connectivity index (χ2n) is 4.00. The van der Waals surface area contributed by atoms with Gasteiger partial charge < -0.3 is 26.2 Å². The Bertz CT molecular complexity index is 466. The second kappa shape index (κ2) is 6.76. The zero-order chi connectivity index (χ0) is 14.4. The van der Waals surface area contributed by atoms with Gasteiger partial charge in [-0.2, -0.15) is 0 Å². The van der Waals surface area contributed by atoms with Gasteiger partial charge in [0, 0.05) is 17.6 Å². The molecule has 0 bridgehead atoms. The minimum Gasteiger partial charge on any atom is -0.480 e. The molecule has 1 rings (SSSR count). The lowest BCUT2D eigenvalue weighted by atomic mass is 9.79. The number of rotatable bonds is 7. The largest absolute Gasteiger partial charge is 0.490 e. The zero-order valence-corrected chi connectivity index (χ0v) is 10.1. The van der Waals surface area contributed by atoms with Crippen LogP contribution in [-0.2, 0) is 9.59 Å². The molecule has 1 aromatic carbocycles. The number of benzene rings is 1. The van der Waals surface area contributed by atoms with E-state index in [1.54, 1.807) is 12.1 Å². The van der Waals surface area contributed by atoms with Crippen LogP contribution in [0, 0.1) is 0 Å². The van der Waals surface area contributed by atoms with Gasteiger partial charge in [0.15, 0.2) is 0 Å². The van der Waals surface area contributed by atoms with Crippen LogP contribution in [0.2, 0.25) is 0 Å². The maximum Gasteiger partial charge on any atom is 0.490 e. The van der Waals surface area contributed by atoms with Crippen molar-refractivity contribution >= 4 is 30.1 Å². The summed E-state index contributed by atoms with van der Waals surface area (Å²) >= 11 is 0. The van der Waals surface area contributed by atoms with E-state index < -0.39 is 25.0 Å². The van der Waals surface area contributed by atoms with Gasteiger partial charge in [-0.25, -0.2) is 4.79 Å². The quantitative estimate of drug-likeness (QED) is 0.381. The van der Waals surface area contributed by atoms with E-state index in [4.69, 9.17) is 20.9 Å². The van der Waals surface area contributed by atoms with Crippen LogP contribution in [0.15, 0.2) is 24.3 Å². The topological polar surface area (TPSA) is 133 Å². The Morgan fingerprint density at radius 1 is 1.32 bits per heavy atom. The predicted molar refractivity (Wildman–Crippen MR) is 69.7 cm³/mol. The number of carbonyl (C=O) groups excluding carboxylic acids is 1. The molecular formula is C11H15BN2O5. The third-order valence-corrected chi connectivity index (χ3v) is 2.55. The molecule has 0 saturated carbocycles. The summed E-state index contributed by atoms with van der Waals surface area (Å²) in [5.74, 6) is -1.74. The molecule has 0 saturated heterocycles. The molecule has 7 nitrogen and oxygen atoms in total. The van der Waals surface area contributed by atoms with Crippen molar-refractivity contribution in [3.8, 4) is 0 Å². The van der Waals surface area contributed by atoms with E-state index in [1.165, 1.54) is 12.1 Å². The molecule has 8 heteroatoms. The summed E-state index contributed by atoms with van der Waals surface area (Å²) < 4.78 is 0. The Kier molecular flexibility index (Phi) is 5.34. The van der Waals surface area contributed by atoms with Crippen molar-refractivity contribution in [1.29, 1.82) is 0 Å². The molecule has 0 aliphatic carbocycles. The molecule has 0 unspecified atom stereocenters. The van der Waals surface area contributed by atoms with Crippen LogP contribution >= 0.6 is 0 Å². The van der Waals surface area contributed by atoms with E-state index in [1.807, 2.05) is 0 Å². The second-order valence-corrected chi connectivity index (χ2v) is 4.00. The molecule has 1 atom stereocenters. The van der Waals surface area contributed by atoms with E-state index in [9.17, 15) is 9.59 Å². The highest BCUT2D eigenvalue weighted by atomic mass is 16.4. The van der Waals surface area contributed by atoms with Crippen molar-refractivity contribution in [3.05, 3.63) is 24.3 Å². The number of carbonyl (C=O) groups is 2. The van der Waals surface area contributed by atoms with Gasteiger partial charge in [0.05, 0.1) is 0 Å². The molecule has 0 radical (unpaired) electrons. The number of amides is 1. The highest BCUT2D eigenvalue weighted by Crippen LogP contribution is 2.09. The van der Waals surface area contributed by atoms with Crippen LogP contribution in [-0.4, -0.2) is 40.2 Å². The van der Waals surface area contributed by atoms with E-state index >= 15 is 0 Å². The molecule has 102 valence electrons. The Morgan fingerprint density at radius 2 is 1.95 bits per heavy atom. The Morgan fingerprint density at radius 3 is 2.47 bits per heavy atom. The Labute approximate surface area is 110 Å². The highest BCUT2D eigenvalue weighted by Gasteiger charge is 2.22. The average Bonchev–Trinajstić information content (AvgIpc) is 2.34. The van der Waals surface area contributed by atoms with Crippen LogP contribution in [0.5, 0.6) is 0 Å². The average molecular weight is 266 g/mol. The molecule has 1 aromatic rings. The van der Waals surface area contributed by atoms with Gasteiger partial charge in [0.1, 0.15) is 6.04 Å². The Hall–Kier alpha value is -2.06. The number of hydrogen-bond donors (Lipinski definition) is 5. The summed E-state index contributed by atoms with van der Waals surface area (Å²) in [6, 6.07) is 5.17. The molecule has 0 spiro atoms. The van der Waals surface area contributed by atoms with Crippen LogP contribution in [0.4, 0.5) is 5.69 Å². The van der Waals surface area contributed by atoms with Gasteiger partial charge in [0.25, 0.3) is 0 Å². The molecule has 0 aliphatic heterocycles. The van der Waals surface area contributed by atoms with Crippen molar-refractivity contribution in [2.24, 2.45) is 5.73 Å². The van der Waals surface area contributed by atoms with Crippen molar-refractivity contribution in [2.75, 3.05) is 5.32 Å². The minimum absolute atomic E-state index is 0.0144. The summed E-state index contributed by atoms with van der Waals surface area (Å²) in [5.41, 5.74) is 5.42. The summed E-state index contributed by atoms with van der Waals surface area (Å²) in [4.78, 5) is 21.7. The Balaban J connectivity index is 2.84. The van der Waals surface area contributed by atoms with E-state index in [0.29, 0.717) is 0 Å². The molecular weight excluding hydrogens is 251 g/mol. The van der Waals surface area contributed by atoms with Gasteiger partial charge in [0.2, 0.25) is 5.91 Å². The fourth-order valence-electron chi connectivity index (χ4n) is 1.59. The number of carboxylic acid groups (broad SMARTS) is 1. The molecule has 0 heterocycles. The van der Waals surface area contributed by atoms with E-state index in [0.717, 1.165) is 0 Å². The van der Waals surface area contributed by atoms with Gasteiger partial charge in [-0.05, 0) is 12.5 Å². The molecule has 6 N–H and O–H groups in total. The van der Waals surface area contributed by atoms with E-state index in [-0.39, 0.29) is 24.0 Å². The first-order chi connectivity index (χ1) is 8.91. The van der Waals surface area contributed by atoms with Crippen molar-refractivity contribution in [2.45, 2.75) is 18.9 Å². The molecule has 19 heavy (non-hydrogen) atoms. The van der Waals surface area contributed by atoms with Crippen molar-refractivity contribution in [3.63, 3.8) is 0 Å². The van der Waals surface area contributed by atoms with Gasteiger partial charge in [-0.3, -0.25) is 4.79 Å². The smallest absolute Gasteiger partial charge is 0.480 e. The number of primary amides is 1. The first-order valence-electron chi connectivity index (χ1n) is 5.64. The van der Waals surface area contributed by atoms with Crippen LogP contribution in [0.3, 0.4) is 0 Å². The summed E-state index contributed by atoms with van der Waals surface area (Å²) in [6.45, 7) is 0. The highest BCUT2D eigenvalue weighted by molar-refractivity contribution is 6.60. The number of aliphatic carboxylic acids is 1. The molecule has 0 fully saturated rings. The third kappa shape index (κ3) is 4.61. The summed E-state index contributed by atoms with van der Waals surface area (Å²) in [7, 11) is -1.71. The lowest BCUT2D eigenvalue weighted by molar-refractivity contribution is -0.138. The van der Waals surface area contributed by atoms with Crippen molar-refractivity contribution < 1.29 is 24.7 Å². The monoisotopic (exact) mass is 266 g/mol. The number of nitrogens with one attached hydrogen (secondary N) is 1. The predicted octanol–water partition coefficient (Wildman–Crippen LogP) is -1.50. The lowest BCUT2D eigenvalue weighted by Gasteiger charge is -2.17. The number of anilines is 1. The number of carboxylic acids is 1. The third-order valence-electron chi connectivity index (χ3n) is 2.55. The zero-order valence-electron chi connectivity index (χ0n) is 10.1. The maximum absolute atomic E-state index is 11.1. The van der Waals surface area contributed by atoms with E-state index in [2.05, 4.69) is 5.32 Å². The van der Waals surface area contributed by atoms with Gasteiger partial charge in [-0.1, -0.05) is 18.2 Å². The first-order valence-corrected chi connectivity index (χ1v) is 5.64. The fourth-order valence-corrected chi connectivity index (χ4v) is 1.59. The minimum atomic E-state index is -1.71. The summed E-state index contributed by atoms with van der Waals surface area (Å²) in [6.07, 6.45) is -0.0612. The molecule has 0 aromatic heterocycles. The fraction of sp³-hybridized carbons (Fsp3) is 0.273. The number of nitrogens with two attached hydrogens (primary N) is 1. The van der Waals surface area contributed by atoms with Gasteiger partial charge in [-0.15, -0.1) is 0 Å². The number of para-hydroxylation sites is 1. The normalized spacial score (nSPS) is 11.7. The van der Waals surface area contributed by atoms with Crippen molar-refractivity contribution in [1.82, 2.24) is 0 Å². The van der Waals surface area contributed by atoms with Crippen LogP contribution in [0.1, 0.15) is 12.8 Å². The summed E-state index contributed by atoms with van der Waals surface area (Å²) in [5, 5.41) is 30.0. The first kappa shape index (κ1) is 15.0. The van der Waals surface area contributed by atoms with Crippen LogP contribution < -0.4 is 16.5 Å². The number of hydrogen-bond acceptors (Lipinski definition) is 5. The standard InChI is InChI=1S/C11H15BN2O5/c13-10(15)6-5-9(11(16)17)14-8-4-2-1-3-7(8)12(18)19/h1-4,9,14,18-19H,5-6H2,(H2,13,15)(H,16,17)/t9-/m0/s1. The maximum atomic E-state index is 11.1. The molecule has 1 amide bonds. The van der Waals surface area contributed by atoms with Gasteiger partial charge >= 0.3 is 13.1 Å².